The number of nitrogens with two attached hydrogens (primary N) is 1. The van der Waals surface area contributed by atoms with Crippen LogP contribution in [0.2, 0.25) is 0 Å². The molecule has 4 N–H and O–H groups in total. The maximum absolute atomic E-state index is 13.7. The lowest BCUT2D eigenvalue weighted by Crippen LogP contribution is -2.51. The number of para-hydroxylation sites is 1. The minimum atomic E-state index is -1.27. The van der Waals surface area contributed by atoms with E-state index in [2.05, 4.69) is 16.7 Å². The average molecular weight is 521 g/mol. The summed E-state index contributed by atoms with van der Waals surface area (Å²) in [6, 6.07) is 12.4. The molecule has 9 nitrogen and oxygen atoms in total. The number of benzene rings is 2. The van der Waals surface area contributed by atoms with Crippen molar-refractivity contribution >= 4 is 29.5 Å². The summed E-state index contributed by atoms with van der Waals surface area (Å²) < 4.78 is 5.28. The number of anilines is 1. The van der Waals surface area contributed by atoms with Crippen LogP contribution in [-0.4, -0.2) is 40.4 Å². The van der Waals surface area contributed by atoms with E-state index in [0.717, 1.165) is 21.6 Å². The lowest BCUT2D eigenvalue weighted by atomic mass is 10.0. The highest BCUT2D eigenvalue weighted by atomic mass is 16.6. The fourth-order valence-corrected chi connectivity index (χ4v) is 3.80. The van der Waals surface area contributed by atoms with E-state index < -0.39 is 41.5 Å². The van der Waals surface area contributed by atoms with Crippen LogP contribution in [0.3, 0.4) is 0 Å². The largest absolute Gasteiger partial charge is 0.444 e. The smallest absolute Gasteiger partial charge is 0.408 e. The Balaban J connectivity index is 2.50. The van der Waals surface area contributed by atoms with E-state index in [0.29, 0.717) is 11.3 Å². The van der Waals surface area contributed by atoms with Crippen LogP contribution < -0.4 is 16.4 Å². The molecule has 0 aromatic heterocycles. The van der Waals surface area contributed by atoms with Gasteiger partial charge in [-0.25, -0.2) is 4.79 Å². The summed E-state index contributed by atoms with van der Waals surface area (Å²) in [5.41, 5.74) is 8.17. The molecule has 0 saturated carbocycles. The first kappa shape index (κ1) is 29.9. The molecule has 0 aliphatic heterocycles. The molecule has 2 unspecified atom stereocenters. The van der Waals surface area contributed by atoms with Gasteiger partial charge in [0.15, 0.2) is 0 Å². The minimum Gasteiger partial charge on any atom is -0.444 e. The molecular formula is C29H36N4O5. The third-order valence-corrected chi connectivity index (χ3v) is 5.67. The molecule has 2 aromatic carbocycles. The Hall–Kier alpha value is -4.32. The van der Waals surface area contributed by atoms with Gasteiger partial charge in [-0.3, -0.25) is 19.3 Å². The van der Waals surface area contributed by atoms with Crippen molar-refractivity contribution < 1.29 is 23.9 Å². The first-order valence-corrected chi connectivity index (χ1v) is 12.2. The molecule has 9 heteroatoms. The molecule has 2 aromatic rings. The molecule has 2 atom stereocenters. The van der Waals surface area contributed by atoms with Gasteiger partial charge in [-0.15, -0.1) is 0 Å². The van der Waals surface area contributed by atoms with Crippen molar-refractivity contribution in [1.29, 1.82) is 0 Å². The van der Waals surface area contributed by atoms with Gasteiger partial charge >= 0.3 is 6.09 Å². The minimum absolute atomic E-state index is 0.134. The van der Waals surface area contributed by atoms with E-state index in [9.17, 15) is 19.2 Å². The molecule has 0 aliphatic rings. The van der Waals surface area contributed by atoms with Crippen LogP contribution in [0.25, 0.3) is 0 Å². The number of terminal acetylenes is 1. The van der Waals surface area contributed by atoms with Crippen molar-refractivity contribution in [3.05, 3.63) is 64.7 Å². The number of amides is 4. The van der Waals surface area contributed by atoms with E-state index in [4.69, 9.17) is 16.9 Å². The summed E-state index contributed by atoms with van der Waals surface area (Å²) in [5, 5.41) is 5.39. The van der Waals surface area contributed by atoms with Gasteiger partial charge in [-0.1, -0.05) is 54.5 Å². The van der Waals surface area contributed by atoms with Gasteiger partial charge in [-0.2, -0.15) is 0 Å². The number of carbonyl (C=O) groups excluding carboxylic acids is 4. The van der Waals surface area contributed by atoms with Gasteiger partial charge in [0.25, 0.3) is 11.8 Å². The summed E-state index contributed by atoms with van der Waals surface area (Å²) >= 11 is 0. The van der Waals surface area contributed by atoms with E-state index >= 15 is 0 Å². The monoisotopic (exact) mass is 520 g/mol. The fraction of sp³-hybridized carbons (Fsp3) is 0.379. The summed E-state index contributed by atoms with van der Waals surface area (Å²) in [5.74, 6) is -1.96. The second kappa shape index (κ2) is 12.8. The second-order valence-corrected chi connectivity index (χ2v) is 10.1. The highest BCUT2D eigenvalue weighted by molar-refractivity contribution is 6.00. The molecule has 38 heavy (non-hydrogen) atoms. The van der Waals surface area contributed by atoms with Gasteiger partial charge in [0.2, 0.25) is 5.91 Å². The van der Waals surface area contributed by atoms with Gasteiger partial charge in [0, 0.05) is 18.2 Å². The maximum atomic E-state index is 13.7. The predicted octanol–water partition coefficient (Wildman–Crippen LogP) is 3.87. The lowest BCUT2D eigenvalue weighted by Gasteiger charge is -2.30. The van der Waals surface area contributed by atoms with Crippen molar-refractivity contribution in [1.82, 2.24) is 10.2 Å². The molecular weight excluding hydrogens is 484 g/mol. The number of carbonyl (C=O) groups is 4. The highest BCUT2D eigenvalue weighted by Gasteiger charge is 2.36. The average Bonchev–Trinajstić information content (AvgIpc) is 2.81. The third kappa shape index (κ3) is 8.37. The third-order valence-electron chi connectivity index (χ3n) is 5.67. The zero-order valence-electron chi connectivity index (χ0n) is 22.8. The zero-order chi connectivity index (χ0) is 28.6. The maximum Gasteiger partial charge on any atom is 0.408 e. The van der Waals surface area contributed by atoms with Gasteiger partial charge < -0.3 is 21.1 Å². The van der Waals surface area contributed by atoms with Crippen molar-refractivity contribution in [2.45, 2.75) is 72.1 Å². The topological polar surface area (TPSA) is 131 Å². The lowest BCUT2D eigenvalue weighted by molar-refractivity contribution is -0.137. The van der Waals surface area contributed by atoms with Crippen LogP contribution >= 0.6 is 0 Å². The fourth-order valence-electron chi connectivity index (χ4n) is 3.80. The Kier molecular flexibility index (Phi) is 10.1. The molecule has 0 heterocycles. The Morgan fingerprint density at radius 1 is 1.03 bits per heavy atom. The molecule has 0 fully saturated rings. The standard InChI is InChI=1S/C29H36N4O5/c1-8-33(27(36)22(16-17-23(30)34)31-28(37)38-29(5,6)7)25(21-14-12-18(2)13-15-21)26(35)32-24-19(3)10-9-11-20(24)4/h1,9-15,22,25H,16-17H2,2-7H3,(H2,30,34)(H,31,37)(H,32,35). The van der Waals surface area contributed by atoms with Crippen LogP contribution in [0.1, 0.15) is 61.9 Å². The summed E-state index contributed by atoms with van der Waals surface area (Å²) in [7, 11) is 0. The zero-order valence-corrected chi connectivity index (χ0v) is 22.8. The molecule has 2 rings (SSSR count). The first-order valence-electron chi connectivity index (χ1n) is 12.2. The molecule has 0 bridgehead atoms. The SMILES string of the molecule is C#CN(C(=O)C(CCC(N)=O)NC(=O)OC(C)(C)C)C(C(=O)Nc1c(C)cccc1C)c1ccc(C)cc1. The van der Waals surface area contributed by atoms with Crippen LogP contribution in [0.4, 0.5) is 10.5 Å². The summed E-state index contributed by atoms with van der Waals surface area (Å²) in [6.45, 7) is 10.6. The first-order chi connectivity index (χ1) is 17.7. The number of hydrogen-bond donors (Lipinski definition) is 3. The Labute approximate surface area is 224 Å². The number of nitrogens with zero attached hydrogens (tertiary/aromatic N) is 1. The second-order valence-electron chi connectivity index (χ2n) is 10.1. The Morgan fingerprint density at radius 2 is 1.61 bits per heavy atom. The predicted molar refractivity (Wildman–Crippen MR) is 146 cm³/mol. The van der Waals surface area contributed by atoms with Crippen molar-refractivity contribution in [2.75, 3.05) is 5.32 Å². The van der Waals surface area contributed by atoms with E-state index in [1.807, 2.05) is 39.0 Å². The molecule has 4 amide bonds. The Morgan fingerprint density at radius 3 is 2.11 bits per heavy atom. The highest BCUT2D eigenvalue weighted by Crippen LogP contribution is 2.27. The number of alkyl carbamates (subject to hydrolysis) is 1. The summed E-state index contributed by atoms with van der Waals surface area (Å²) in [6.07, 6.45) is 4.59. The van der Waals surface area contributed by atoms with Gasteiger partial charge in [0.1, 0.15) is 17.7 Å². The molecule has 0 saturated heterocycles. The van der Waals surface area contributed by atoms with E-state index in [-0.39, 0.29) is 12.8 Å². The van der Waals surface area contributed by atoms with Crippen LogP contribution in [0, 0.1) is 33.2 Å². The Bertz CT molecular complexity index is 1200. The molecule has 0 radical (unpaired) electrons. The number of rotatable bonds is 9. The van der Waals surface area contributed by atoms with Crippen LogP contribution in [-0.2, 0) is 19.1 Å². The molecule has 0 aliphatic carbocycles. The molecule has 202 valence electrons. The quantitative estimate of drug-likeness (QED) is 0.341. The van der Waals surface area contributed by atoms with E-state index in [1.54, 1.807) is 45.0 Å². The number of aryl methyl sites for hydroxylation is 3. The number of primary amides is 1. The van der Waals surface area contributed by atoms with Crippen molar-refractivity contribution in [2.24, 2.45) is 5.73 Å². The van der Waals surface area contributed by atoms with Gasteiger partial charge in [-0.05, 0) is 64.7 Å². The van der Waals surface area contributed by atoms with Crippen LogP contribution in [0.5, 0.6) is 0 Å². The normalized spacial score (nSPS) is 12.4. The molecule has 0 spiro atoms. The summed E-state index contributed by atoms with van der Waals surface area (Å²) in [4.78, 5) is 52.4. The number of hydrogen-bond acceptors (Lipinski definition) is 5. The number of ether oxygens (including phenoxy) is 1. The van der Waals surface area contributed by atoms with Crippen LogP contribution in [0.15, 0.2) is 42.5 Å². The van der Waals surface area contributed by atoms with Crippen molar-refractivity contribution in [3.63, 3.8) is 0 Å². The van der Waals surface area contributed by atoms with E-state index in [1.165, 1.54) is 0 Å². The number of nitrogens with one attached hydrogen (secondary N) is 2. The van der Waals surface area contributed by atoms with Crippen molar-refractivity contribution in [3.8, 4) is 12.5 Å². The van der Waals surface area contributed by atoms with Gasteiger partial charge in [0.05, 0.1) is 0 Å².